The number of carbonyl (C=O) groups is 6. The molecule has 6 amide bonds. The van der Waals surface area contributed by atoms with E-state index in [0.717, 1.165) is 59.1 Å². The maximum absolute atomic E-state index is 14.2. The van der Waals surface area contributed by atoms with E-state index in [9.17, 15) is 28.8 Å². The zero-order valence-corrected chi connectivity index (χ0v) is 43.7. The topological polar surface area (TPSA) is 175 Å². The van der Waals surface area contributed by atoms with Crippen LogP contribution < -0.4 is 21.3 Å². The number of ether oxygens (including phenoxy) is 2. The predicted molar refractivity (Wildman–Crippen MR) is 293 cm³/mol. The van der Waals surface area contributed by atoms with Gasteiger partial charge in [-0.2, -0.15) is 0 Å². The molecule has 6 aliphatic rings. The number of nitrogens with zero attached hydrogens (tertiary/aromatic N) is 2. The molecule has 4 bridgehead atoms. The lowest BCUT2D eigenvalue weighted by atomic mass is 9.87. The summed E-state index contributed by atoms with van der Waals surface area (Å²) >= 11 is 0. The zero-order valence-electron chi connectivity index (χ0n) is 43.7. The van der Waals surface area contributed by atoms with E-state index in [2.05, 4.69) is 69.8 Å². The third-order valence-electron chi connectivity index (χ3n) is 14.7. The van der Waals surface area contributed by atoms with Gasteiger partial charge in [-0.05, 0) is 159 Å². The molecule has 4 atom stereocenters. The fraction of sp³-hybridized carbons (Fsp3) is 0.323. The molecule has 0 saturated carbocycles. The number of alkyl carbamates (subject to hydrolysis) is 2. The average Bonchev–Trinajstić information content (AvgIpc) is 4.13. The molecule has 12 rings (SSSR count). The highest BCUT2D eigenvalue weighted by atomic mass is 16.6. The molecule has 0 aromatic heterocycles. The first-order valence-electron chi connectivity index (χ1n) is 26.5. The largest absolute Gasteiger partial charge is 0.450 e. The Morgan fingerprint density at radius 2 is 0.921 bits per heavy atom. The summed E-state index contributed by atoms with van der Waals surface area (Å²) in [4.78, 5) is 84.9. The van der Waals surface area contributed by atoms with Gasteiger partial charge in [-0.3, -0.25) is 19.2 Å². The Hall–Kier alpha value is -8.26. The number of hydrogen-bond acceptors (Lipinski definition) is 8. The van der Waals surface area contributed by atoms with Crippen LogP contribution in [0.25, 0.3) is 22.3 Å². The Kier molecular flexibility index (Phi) is 16.6. The minimum Gasteiger partial charge on any atom is -0.450 e. The predicted octanol–water partition coefficient (Wildman–Crippen LogP) is 10.4. The van der Waals surface area contributed by atoms with Crippen LogP contribution in [0.4, 0.5) is 21.0 Å². The second kappa shape index (κ2) is 24.0. The van der Waals surface area contributed by atoms with Crippen LogP contribution in [0.3, 0.4) is 0 Å². The van der Waals surface area contributed by atoms with E-state index in [0.29, 0.717) is 61.3 Å². The number of carbonyl (C=O) groups excluding carboxylic acids is 6. The van der Waals surface area contributed by atoms with Gasteiger partial charge >= 0.3 is 12.2 Å². The first kappa shape index (κ1) is 52.6. The van der Waals surface area contributed by atoms with E-state index >= 15 is 0 Å². The maximum Gasteiger partial charge on any atom is 0.408 e. The van der Waals surface area contributed by atoms with E-state index in [1.807, 2.05) is 98.8 Å². The molecule has 14 nitrogen and oxygen atoms in total. The molecule has 6 aromatic rings. The van der Waals surface area contributed by atoms with Crippen LogP contribution in [0.5, 0.6) is 0 Å². The van der Waals surface area contributed by atoms with Crippen molar-refractivity contribution >= 4 is 47.2 Å². The highest BCUT2D eigenvalue weighted by molar-refractivity contribution is 6.00. The van der Waals surface area contributed by atoms with E-state index in [4.69, 9.17) is 9.47 Å². The van der Waals surface area contributed by atoms with Crippen LogP contribution in [0.15, 0.2) is 133 Å². The maximum atomic E-state index is 14.2. The van der Waals surface area contributed by atoms with Crippen LogP contribution >= 0.6 is 0 Å². The van der Waals surface area contributed by atoms with Gasteiger partial charge < -0.3 is 40.5 Å². The summed E-state index contributed by atoms with van der Waals surface area (Å²) in [6.07, 6.45) is 3.95. The number of anilines is 2. The van der Waals surface area contributed by atoms with Gasteiger partial charge in [0, 0.05) is 24.5 Å². The molecule has 2 saturated heterocycles. The van der Waals surface area contributed by atoms with Gasteiger partial charge in [-0.1, -0.05) is 120 Å². The van der Waals surface area contributed by atoms with Gasteiger partial charge in [0.1, 0.15) is 24.2 Å². The average molecular weight is 1020 g/mol. The Balaban J connectivity index is 0.881. The molecule has 0 unspecified atom stereocenters. The molecule has 0 radical (unpaired) electrons. The van der Waals surface area contributed by atoms with Gasteiger partial charge in [0.15, 0.2) is 0 Å². The fourth-order valence-corrected chi connectivity index (χ4v) is 10.7. The number of nitrogens with one attached hydrogen (secondary N) is 4. The lowest BCUT2D eigenvalue weighted by Gasteiger charge is -2.29. The number of rotatable bonds is 14. The Morgan fingerprint density at radius 1 is 0.513 bits per heavy atom. The number of likely N-dealkylation sites (tertiary alicyclic amines) is 2. The highest BCUT2D eigenvalue weighted by Crippen LogP contribution is 2.35. The van der Waals surface area contributed by atoms with Gasteiger partial charge in [-0.15, -0.1) is 0 Å². The van der Waals surface area contributed by atoms with Crippen molar-refractivity contribution in [3.63, 3.8) is 0 Å². The molecule has 6 aromatic carbocycles. The summed E-state index contributed by atoms with van der Waals surface area (Å²) in [5.41, 5.74) is 13.3. The van der Waals surface area contributed by atoms with Crippen molar-refractivity contribution in [1.82, 2.24) is 20.4 Å². The van der Waals surface area contributed by atoms with Crippen LogP contribution in [0.2, 0.25) is 0 Å². The third-order valence-corrected chi connectivity index (χ3v) is 14.7. The first-order valence-corrected chi connectivity index (χ1v) is 26.5. The number of hydrogen-bond donors (Lipinski definition) is 4. The van der Waals surface area contributed by atoms with E-state index in [-0.39, 0.29) is 36.8 Å². The summed E-state index contributed by atoms with van der Waals surface area (Å²) in [5, 5.41) is 11.7. The van der Waals surface area contributed by atoms with Crippen molar-refractivity contribution in [3.8, 4) is 22.3 Å². The lowest BCUT2D eigenvalue weighted by molar-refractivity contribution is -0.138. The molecular weight excluding hydrogens is 957 g/mol. The second-order valence-corrected chi connectivity index (χ2v) is 19.9. The van der Waals surface area contributed by atoms with Crippen molar-refractivity contribution in [2.45, 2.75) is 103 Å². The van der Waals surface area contributed by atoms with Gasteiger partial charge in [0.25, 0.3) is 11.8 Å². The van der Waals surface area contributed by atoms with Gasteiger partial charge in [0.2, 0.25) is 11.8 Å². The number of amides is 6. The van der Waals surface area contributed by atoms with Crippen molar-refractivity contribution in [2.75, 3.05) is 36.9 Å². The summed E-state index contributed by atoms with van der Waals surface area (Å²) in [6.45, 7) is 8.39. The van der Waals surface area contributed by atoms with E-state index in [1.54, 1.807) is 23.6 Å². The smallest absolute Gasteiger partial charge is 0.408 e. The van der Waals surface area contributed by atoms with Crippen molar-refractivity contribution in [3.05, 3.63) is 178 Å². The Bertz CT molecular complexity index is 2910. The Labute approximate surface area is 444 Å². The molecular formula is C62H66N6O8. The molecule has 2 heterocycles. The molecule has 76 heavy (non-hydrogen) atoms. The lowest BCUT2D eigenvalue weighted by Crippen LogP contribution is -2.48. The summed E-state index contributed by atoms with van der Waals surface area (Å²) in [5.74, 6) is -1.30. The van der Waals surface area contributed by atoms with Crippen molar-refractivity contribution in [1.29, 1.82) is 0 Å². The van der Waals surface area contributed by atoms with Gasteiger partial charge in [-0.25, -0.2) is 9.59 Å². The number of aryl methyl sites for hydroxylation is 6. The quantitative estimate of drug-likeness (QED) is 0.0834. The monoisotopic (exact) mass is 1020 g/mol. The minimum absolute atomic E-state index is 0.156. The molecule has 14 heteroatoms. The summed E-state index contributed by atoms with van der Waals surface area (Å²) < 4.78 is 10.3. The molecule has 2 fully saturated rings. The molecule has 4 N–H and O–H groups in total. The second-order valence-electron chi connectivity index (χ2n) is 19.9. The molecule has 0 spiro atoms. The van der Waals surface area contributed by atoms with Gasteiger partial charge in [0.05, 0.1) is 13.2 Å². The normalized spacial score (nSPS) is 16.7. The molecule has 2 aliphatic heterocycles. The van der Waals surface area contributed by atoms with E-state index in [1.165, 1.54) is 22.3 Å². The zero-order chi connectivity index (χ0) is 53.3. The molecule has 4 aliphatic carbocycles. The summed E-state index contributed by atoms with van der Waals surface area (Å²) in [6, 6.07) is 40.4. The van der Waals surface area contributed by atoms with Crippen LogP contribution in [0.1, 0.15) is 96.1 Å². The van der Waals surface area contributed by atoms with Crippen molar-refractivity contribution < 1.29 is 38.2 Å². The van der Waals surface area contributed by atoms with Crippen LogP contribution in [-0.4, -0.2) is 84.0 Å². The summed E-state index contributed by atoms with van der Waals surface area (Å²) in [7, 11) is 0. The standard InChI is InChI=1S/C62H66N6O8/c1-5-75-61(73)65-55(45-25-17-39(3)18-26-45)59(71)67-33-9-15-53(67)57(69)63-49-13-7-11-47(37-49)51-35-41-21-29-43(51)31-23-42-22-30-44(32-24-41)52(36-42)48-12-8-14-50(38-48)64-58(70)54-16-10-34-68(54)60(72)56(66-62(74)76-6-2)46-27-19-40(4)20-28-46/h7-8,11-14,17-22,25-30,35-38,53-56H,5-6,9-10,15-16,23-24,31-34H2,1-4H3,(H,63,69)(H,64,70)(H,65,73)(H,66,74)/t53-,54-,55-,56-/m0/s1. The number of benzene rings is 6. The first-order chi connectivity index (χ1) is 36.8. The third kappa shape index (κ3) is 12.3. The Morgan fingerprint density at radius 3 is 1.32 bits per heavy atom. The highest BCUT2D eigenvalue weighted by Gasteiger charge is 2.40. The fourth-order valence-electron chi connectivity index (χ4n) is 10.7. The van der Waals surface area contributed by atoms with E-state index < -0.39 is 36.4 Å². The SMILES string of the molecule is CCOC(=O)N[C@H](C(=O)N1CCC[C@H]1C(=O)Nc1cccc(-c2cc3ccc2CCc2ccc(c(-c4cccc(NC(=O)[C@@H]5CCCN5C(=O)[C@@H](NC(=O)OCC)c5ccc(C)cc5)c4)c2)CC3)c1)c1ccc(C)cc1. The molecule has 392 valence electrons. The van der Waals surface area contributed by atoms with Crippen molar-refractivity contribution in [2.24, 2.45) is 0 Å². The van der Waals surface area contributed by atoms with Crippen LogP contribution in [-0.2, 0) is 54.3 Å². The van der Waals surface area contributed by atoms with Crippen LogP contribution in [0, 0.1) is 13.8 Å². The minimum atomic E-state index is -1.01.